The van der Waals surface area contributed by atoms with E-state index in [1.54, 1.807) is 29.0 Å². The molecule has 7 heteroatoms. The standard InChI is InChI=1S/C18H25N5S2/c1-4-9-23(18-22-21-16(6-3)25-18)10-7-8-15-14-11-13(5-2)24-17(14)20-12-19-15/h11-12H,4-10H2,1-3H3. The van der Waals surface area contributed by atoms with E-state index >= 15 is 0 Å². The van der Waals surface area contributed by atoms with Crippen LogP contribution in [0.2, 0.25) is 0 Å². The van der Waals surface area contributed by atoms with Crippen LogP contribution in [0.25, 0.3) is 10.2 Å². The largest absolute Gasteiger partial charge is 0.347 e. The number of hydrogen-bond acceptors (Lipinski definition) is 7. The van der Waals surface area contributed by atoms with Crippen molar-refractivity contribution in [2.45, 2.75) is 52.9 Å². The van der Waals surface area contributed by atoms with Gasteiger partial charge in [-0.3, -0.25) is 0 Å². The van der Waals surface area contributed by atoms with Crippen molar-refractivity contribution in [1.29, 1.82) is 0 Å². The fourth-order valence-electron chi connectivity index (χ4n) is 2.85. The fourth-order valence-corrected chi connectivity index (χ4v) is 4.64. The molecule has 0 radical (unpaired) electrons. The van der Waals surface area contributed by atoms with Crippen LogP contribution < -0.4 is 4.90 Å². The van der Waals surface area contributed by atoms with Crippen LogP contribution in [0.15, 0.2) is 12.4 Å². The molecule has 0 aliphatic heterocycles. The Bertz CT molecular complexity index is 811. The van der Waals surface area contributed by atoms with E-state index in [0.29, 0.717) is 0 Å². The van der Waals surface area contributed by atoms with Crippen LogP contribution in [0.1, 0.15) is 49.2 Å². The molecule has 3 aromatic heterocycles. The molecule has 25 heavy (non-hydrogen) atoms. The Morgan fingerprint density at radius 1 is 1.00 bits per heavy atom. The first-order valence-corrected chi connectivity index (χ1v) is 10.7. The lowest BCUT2D eigenvalue weighted by Gasteiger charge is -2.20. The highest BCUT2D eigenvalue weighted by Gasteiger charge is 2.13. The summed E-state index contributed by atoms with van der Waals surface area (Å²) in [6, 6.07) is 2.26. The number of hydrogen-bond donors (Lipinski definition) is 0. The Morgan fingerprint density at radius 2 is 1.88 bits per heavy atom. The van der Waals surface area contributed by atoms with Crippen LogP contribution in [0, 0.1) is 0 Å². The van der Waals surface area contributed by atoms with Crippen molar-refractivity contribution in [3.05, 3.63) is 28.0 Å². The van der Waals surface area contributed by atoms with Crippen LogP contribution in [0.4, 0.5) is 5.13 Å². The normalized spacial score (nSPS) is 11.3. The average Bonchev–Trinajstić information content (AvgIpc) is 3.27. The topological polar surface area (TPSA) is 54.8 Å². The van der Waals surface area contributed by atoms with Crippen LogP contribution in [-0.2, 0) is 19.3 Å². The lowest BCUT2D eigenvalue weighted by molar-refractivity contribution is 0.703. The molecule has 3 heterocycles. The van der Waals surface area contributed by atoms with Crippen molar-refractivity contribution in [2.75, 3.05) is 18.0 Å². The van der Waals surface area contributed by atoms with Gasteiger partial charge in [-0.2, -0.15) is 0 Å². The SMILES string of the molecule is CCCN(CCCc1ncnc2sc(CC)cc12)c1nnc(CC)s1. The summed E-state index contributed by atoms with van der Waals surface area (Å²) in [4.78, 5) is 13.8. The third kappa shape index (κ3) is 4.33. The van der Waals surface area contributed by atoms with Gasteiger partial charge in [0, 0.05) is 23.4 Å². The molecule has 0 fully saturated rings. The quantitative estimate of drug-likeness (QED) is 0.550. The van der Waals surface area contributed by atoms with Crippen LogP contribution in [-0.4, -0.2) is 33.3 Å². The summed E-state index contributed by atoms with van der Waals surface area (Å²) >= 11 is 3.50. The van der Waals surface area contributed by atoms with E-state index < -0.39 is 0 Å². The molecule has 0 aliphatic carbocycles. The van der Waals surface area contributed by atoms with Crippen molar-refractivity contribution >= 4 is 38.0 Å². The number of thiophene rings is 1. The van der Waals surface area contributed by atoms with E-state index in [1.165, 1.54) is 16.0 Å². The number of fused-ring (bicyclic) bond motifs is 1. The summed E-state index contributed by atoms with van der Waals surface area (Å²) in [7, 11) is 0. The second-order valence-corrected chi connectivity index (χ2v) is 8.18. The summed E-state index contributed by atoms with van der Waals surface area (Å²) in [6.45, 7) is 8.53. The minimum Gasteiger partial charge on any atom is -0.347 e. The summed E-state index contributed by atoms with van der Waals surface area (Å²) in [6.07, 6.45) is 6.86. The zero-order valence-electron chi connectivity index (χ0n) is 15.2. The maximum absolute atomic E-state index is 4.54. The maximum Gasteiger partial charge on any atom is 0.208 e. The van der Waals surface area contributed by atoms with Crippen molar-refractivity contribution < 1.29 is 0 Å². The molecule has 0 spiro atoms. The molecule has 0 amide bonds. The highest BCUT2D eigenvalue weighted by atomic mass is 32.1. The van der Waals surface area contributed by atoms with Crippen LogP contribution in [0.5, 0.6) is 0 Å². The van der Waals surface area contributed by atoms with Gasteiger partial charge in [-0.05, 0) is 38.2 Å². The van der Waals surface area contributed by atoms with Gasteiger partial charge in [0.2, 0.25) is 5.13 Å². The second-order valence-electron chi connectivity index (χ2n) is 6.03. The molecule has 0 unspecified atom stereocenters. The van der Waals surface area contributed by atoms with Gasteiger partial charge in [-0.25, -0.2) is 9.97 Å². The molecule has 3 aromatic rings. The minimum atomic E-state index is 0.953. The van der Waals surface area contributed by atoms with Crippen LogP contribution in [0.3, 0.4) is 0 Å². The summed E-state index contributed by atoms with van der Waals surface area (Å²) in [5.41, 5.74) is 1.17. The molecule has 0 aliphatic rings. The Labute approximate surface area is 157 Å². The molecule has 0 saturated carbocycles. The van der Waals surface area contributed by atoms with Gasteiger partial charge in [-0.1, -0.05) is 32.1 Å². The van der Waals surface area contributed by atoms with E-state index in [-0.39, 0.29) is 0 Å². The van der Waals surface area contributed by atoms with Gasteiger partial charge < -0.3 is 4.90 Å². The van der Waals surface area contributed by atoms with E-state index in [9.17, 15) is 0 Å². The average molecular weight is 376 g/mol. The van der Waals surface area contributed by atoms with E-state index in [1.807, 2.05) is 0 Å². The molecule has 3 rings (SSSR count). The van der Waals surface area contributed by atoms with Crippen molar-refractivity contribution in [3.63, 3.8) is 0 Å². The summed E-state index contributed by atoms with van der Waals surface area (Å²) < 4.78 is 0. The Balaban J connectivity index is 1.67. The molecular formula is C18H25N5S2. The third-order valence-electron chi connectivity index (χ3n) is 4.18. The third-order valence-corrected chi connectivity index (χ3v) is 6.49. The highest BCUT2D eigenvalue weighted by Crippen LogP contribution is 2.27. The van der Waals surface area contributed by atoms with Gasteiger partial charge in [0.05, 0.1) is 5.69 Å². The zero-order chi connectivity index (χ0) is 17.6. The first-order chi connectivity index (χ1) is 12.2. The van der Waals surface area contributed by atoms with E-state index in [0.717, 1.165) is 60.2 Å². The molecular weight excluding hydrogens is 350 g/mol. The predicted octanol–water partition coefficient (Wildman–Crippen LogP) is 4.52. The van der Waals surface area contributed by atoms with Crippen LogP contribution >= 0.6 is 22.7 Å². The lowest BCUT2D eigenvalue weighted by atomic mass is 10.1. The van der Waals surface area contributed by atoms with E-state index in [2.05, 4.69) is 51.9 Å². The number of rotatable bonds is 9. The lowest BCUT2D eigenvalue weighted by Crippen LogP contribution is -2.25. The number of nitrogens with zero attached hydrogens (tertiary/aromatic N) is 5. The monoisotopic (exact) mass is 375 g/mol. The first-order valence-electron chi connectivity index (χ1n) is 9.04. The first kappa shape index (κ1) is 18.2. The molecule has 0 bridgehead atoms. The van der Waals surface area contributed by atoms with Crippen molar-refractivity contribution in [1.82, 2.24) is 20.2 Å². The maximum atomic E-state index is 4.54. The summed E-state index contributed by atoms with van der Waals surface area (Å²) in [5, 5.41) is 12.0. The number of aryl methyl sites for hydroxylation is 3. The van der Waals surface area contributed by atoms with Gasteiger partial charge in [-0.15, -0.1) is 21.5 Å². The Morgan fingerprint density at radius 3 is 2.60 bits per heavy atom. The Hall–Kier alpha value is -1.60. The number of anilines is 1. The molecule has 0 saturated heterocycles. The van der Waals surface area contributed by atoms with Gasteiger partial charge in [0.1, 0.15) is 16.2 Å². The summed E-state index contributed by atoms with van der Waals surface area (Å²) in [5.74, 6) is 0. The minimum absolute atomic E-state index is 0.953. The molecule has 0 N–H and O–H groups in total. The molecule has 0 aromatic carbocycles. The Kier molecular flexibility index (Phi) is 6.31. The molecule has 5 nitrogen and oxygen atoms in total. The fraction of sp³-hybridized carbons (Fsp3) is 0.556. The second kappa shape index (κ2) is 8.67. The molecule has 0 atom stereocenters. The predicted molar refractivity (Wildman–Crippen MR) is 107 cm³/mol. The van der Waals surface area contributed by atoms with E-state index in [4.69, 9.17) is 0 Å². The van der Waals surface area contributed by atoms with Crippen molar-refractivity contribution in [2.24, 2.45) is 0 Å². The highest BCUT2D eigenvalue weighted by molar-refractivity contribution is 7.18. The van der Waals surface area contributed by atoms with Crippen molar-refractivity contribution in [3.8, 4) is 0 Å². The smallest absolute Gasteiger partial charge is 0.208 e. The van der Waals surface area contributed by atoms with Gasteiger partial charge in [0.25, 0.3) is 0 Å². The number of aromatic nitrogens is 4. The van der Waals surface area contributed by atoms with Gasteiger partial charge in [0.15, 0.2) is 0 Å². The molecule has 134 valence electrons. The zero-order valence-corrected chi connectivity index (χ0v) is 16.8. The van der Waals surface area contributed by atoms with Gasteiger partial charge >= 0.3 is 0 Å².